The summed E-state index contributed by atoms with van der Waals surface area (Å²) in [4.78, 5) is 0. The molecule has 0 aromatic carbocycles. The van der Waals surface area contributed by atoms with E-state index in [1.54, 1.807) is 5.57 Å². The molecular formula is C20H32O. The molecule has 0 N–H and O–H groups in total. The van der Waals surface area contributed by atoms with E-state index >= 15 is 0 Å². The Morgan fingerprint density at radius 2 is 1.67 bits per heavy atom. The zero-order valence-corrected chi connectivity index (χ0v) is 14.2. The first-order chi connectivity index (χ1) is 10.0. The van der Waals surface area contributed by atoms with Crippen LogP contribution in [0, 0.1) is 0 Å². The summed E-state index contributed by atoms with van der Waals surface area (Å²) >= 11 is 0. The monoisotopic (exact) mass is 288 g/mol. The van der Waals surface area contributed by atoms with Crippen LogP contribution in [0.3, 0.4) is 0 Å². The molecule has 0 aromatic heterocycles. The first-order valence-corrected chi connectivity index (χ1v) is 8.79. The maximum Gasteiger partial charge on any atom is 0.0598 e. The molecule has 1 nitrogen and oxygen atoms in total. The van der Waals surface area contributed by atoms with Crippen molar-refractivity contribution in [1.82, 2.24) is 0 Å². The number of rotatable bonds is 7. The van der Waals surface area contributed by atoms with Gasteiger partial charge in [0.05, 0.1) is 5.60 Å². The van der Waals surface area contributed by atoms with Crippen LogP contribution in [0.4, 0.5) is 0 Å². The molecule has 0 aliphatic heterocycles. The highest BCUT2D eigenvalue weighted by Crippen LogP contribution is 2.31. The van der Waals surface area contributed by atoms with E-state index in [0.29, 0.717) is 0 Å². The molecule has 2 rings (SSSR count). The molecule has 0 amide bonds. The lowest BCUT2D eigenvalue weighted by Gasteiger charge is -2.19. The van der Waals surface area contributed by atoms with Gasteiger partial charge in [-0.2, -0.15) is 0 Å². The maximum atomic E-state index is 5.75. The van der Waals surface area contributed by atoms with E-state index in [1.165, 1.54) is 68.9 Å². The molecule has 1 fully saturated rings. The lowest BCUT2D eigenvalue weighted by molar-refractivity contribution is -0.00473. The van der Waals surface area contributed by atoms with Crippen molar-refractivity contribution >= 4 is 0 Å². The van der Waals surface area contributed by atoms with Crippen molar-refractivity contribution in [2.24, 2.45) is 0 Å². The number of hydrogen-bond acceptors (Lipinski definition) is 1. The second-order valence-electron chi connectivity index (χ2n) is 7.44. The van der Waals surface area contributed by atoms with E-state index in [9.17, 15) is 0 Å². The molecular weight excluding hydrogens is 256 g/mol. The van der Waals surface area contributed by atoms with Gasteiger partial charge in [0, 0.05) is 6.61 Å². The summed E-state index contributed by atoms with van der Waals surface area (Å²) in [5.74, 6) is 0. The summed E-state index contributed by atoms with van der Waals surface area (Å²) in [7, 11) is 0. The van der Waals surface area contributed by atoms with Gasteiger partial charge in [-0.15, -0.1) is 0 Å². The van der Waals surface area contributed by atoms with E-state index < -0.39 is 0 Å². The average molecular weight is 288 g/mol. The Kier molecular flexibility index (Phi) is 6.29. The molecule has 0 bridgehead atoms. The molecule has 0 saturated heterocycles. The standard InChI is InChI=1S/C20H32O/c1-20(2,3)21-15-9-5-4-6-10-17-13-14-19(16-17)18-11-7-8-12-18/h13-14,16H,4-12,15H2,1-3H3. The van der Waals surface area contributed by atoms with E-state index in [1.807, 2.05) is 0 Å². The third kappa shape index (κ3) is 6.22. The van der Waals surface area contributed by atoms with Crippen molar-refractivity contribution in [2.75, 3.05) is 6.61 Å². The van der Waals surface area contributed by atoms with Gasteiger partial charge in [0.15, 0.2) is 0 Å². The first kappa shape index (κ1) is 16.5. The number of ether oxygens (including phenoxy) is 1. The van der Waals surface area contributed by atoms with Gasteiger partial charge in [-0.1, -0.05) is 36.6 Å². The zero-order valence-electron chi connectivity index (χ0n) is 14.2. The van der Waals surface area contributed by atoms with Crippen molar-refractivity contribution in [3.8, 4) is 0 Å². The van der Waals surface area contributed by atoms with Crippen LogP contribution in [-0.4, -0.2) is 12.2 Å². The van der Waals surface area contributed by atoms with Gasteiger partial charge >= 0.3 is 0 Å². The molecule has 118 valence electrons. The van der Waals surface area contributed by atoms with Crippen molar-refractivity contribution in [2.45, 2.75) is 84.2 Å². The van der Waals surface area contributed by atoms with Crippen LogP contribution in [0.15, 0.2) is 34.9 Å². The molecule has 0 unspecified atom stereocenters. The fraction of sp³-hybridized carbons (Fsp3) is 0.700. The van der Waals surface area contributed by atoms with E-state index in [2.05, 4.69) is 39.0 Å². The SMILES string of the molecule is CC(C)(C)OCCCCCCC1=CC(=C2CCCC2)C=C1. The Hall–Kier alpha value is -0.820. The maximum absolute atomic E-state index is 5.75. The second-order valence-corrected chi connectivity index (χ2v) is 7.44. The van der Waals surface area contributed by atoms with Crippen LogP contribution < -0.4 is 0 Å². The van der Waals surface area contributed by atoms with Crippen LogP contribution in [-0.2, 0) is 4.74 Å². The van der Waals surface area contributed by atoms with Gasteiger partial charge in [0.1, 0.15) is 0 Å². The zero-order chi connectivity index (χ0) is 15.1. The fourth-order valence-electron chi connectivity index (χ4n) is 3.12. The molecule has 0 spiro atoms. The van der Waals surface area contributed by atoms with Crippen LogP contribution in [0.25, 0.3) is 0 Å². The molecule has 2 aliphatic carbocycles. The molecule has 1 heteroatoms. The first-order valence-electron chi connectivity index (χ1n) is 8.79. The highest BCUT2D eigenvalue weighted by molar-refractivity contribution is 5.48. The Labute approximate surface area is 131 Å². The Balaban J connectivity index is 1.57. The third-order valence-electron chi connectivity index (χ3n) is 4.33. The fourth-order valence-corrected chi connectivity index (χ4v) is 3.12. The molecule has 2 aliphatic rings. The lowest BCUT2D eigenvalue weighted by atomic mass is 10.1. The van der Waals surface area contributed by atoms with E-state index in [4.69, 9.17) is 4.74 Å². The summed E-state index contributed by atoms with van der Waals surface area (Å²) in [6, 6.07) is 0. The predicted molar refractivity (Wildman–Crippen MR) is 91.5 cm³/mol. The molecule has 0 atom stereocenters. The van der Waals surface area contributed by atoms with Gasteiger partial charge < -0.3 is 4.74 Å². The number of allylic oxidation sites excluding steroid dienone is 6. The van der Waals surface area contributed by atoms with Gasteiger partial charge in [-0.3, -0.25) is 0 Å². The van der Waals surface area contributed by atoms with Crippen molar-refractivity contribution in [3.05, 3.63) is 34.9 Å². The summed E-state index contributed by atoms with van der Waals surface area (Å²) in [6.45, 7) is 7.29. The summed E-state index contributed by atoms with van der Waals surface area (Å²) < 4.78 is 5.75. The minimum Gasteiger partial charge on any atom is -0.376 e. The topological polar surface area (TPSA) is 9.23 Å². The van der Waals surface area contributed by atoms with Gasteiger partial charge in [0.2, 0.25) is 0 Å². The summed E-state index contributed by atoms with van der Waals surface area (Å²) in [5.41, 5.74) is 4.78. The van der Waals surface area contributed by atoms with Crippen LogP contribution in [0.1, 0.15) is 78.6 Å². The van der Waals surface area contributed by atoms with Crippen molar-refractivity contribution in [3.63, 3.8) is 0 Å². The number of hydrogen-bond donors (Lipinski definition) is 0. The average Bonchev–Trinajstić information content (AvgIpc) is 3.07. The van der Waals surface area contributed by atoms with Crippen LogP contribution in [0.2, 0.25) is 0 Å². The Morgan fingerprint density at radius 3 is 2.38 bits per heavy atom. The van der Waals surface area contributed by atoms with Crippen molar-refractivity contribution < 1.29 is 4.74 Å². The second kappa shape index (κ2) is 7.98. The van der Waals surface area contributed by atoms with Crippen molar-refractivity contribution in [1.29, 1.82) is 0 Å². The quantitative estimate of drug-likeness (QED) is 0.513. The lowest BCUT2D eigenvalue weighted by Crippen LogP contribution is -2.19. The van der Waals surface area contributed by atoms with E-state index in [-0.39, 0.29) is 5.60 Å². The van der Waals surface area contributed by atoms with Gasteiger partial charge in [0.25, 0.3) is 0 Å². The highest BCUT2D eigenvalue weighted by Gasteiger charge is 2.12. The highest BCUT2D eigenvalue weighted by atomic mass is 16.5. The number of unbranched alkanes of at least 4 members (excludes halogenated alkanes) is 3. The summed E-state index contributed by atoms with van der Waals surface area (Å²) in [5, 5.41) is 0. The Morgan fingerprint density at radius 1 is 0.952 bits per heavy atom. The van der Waals surface area contributed by atoms with E-state index in [0.717, 1.165) is 6.61 Å². The summed E-state index contributed by atoms with van der Waals surface area (Å²) in [6.07, 6.45) is 18.9. The van der Waals surface area contributed by atoms with Crippen LogP contribution in [0.5, 0.6) is 0 Å². The minimum atomic E-state index is 0.0175. The third-order valence-corrected chi connectivity index (χ3v) is 4.33. The molecule has 0 aromatic rings. The normalized spacial score (nSPS) is 18.7. The molecule has 0 radical (unpaired) electrons. The molecule has 1 saturated carbocycles. The predicted octanol–water partition coefficient (Wildman–Crippen LogP) is 6.12. The molecule has 0 heterocycles. The van der Waals surface area contributed by atoms with Crippen LogP contribution >= 0.6 is 0 Å². The van der Waals surface area contributed by atoms with Gasteiger partial charge in [-0.25, -0.2) is 0 Å². The van der Waals surface area contributed by atoms with Gasteiger partial charge in [-0.05, 0) is 76.9 Å². The smallest absolute Gasteiger partial charge is 0.0598 e. The molecule has 21 heavy (non-hydrogen) atoms. The Bertz CT molecular complexity index is 410. The minimum absolute atomic E-state index is 0.0175. The largest absolute Gasteiger partial charge is 0.376 e.